The average Bonchev–Trinajstić information content (AvgIpc) is 2.65. The number of rotatable bonds is 5. The second-order valence-electron chi connectivity index (χ2n) is 6.16. The van der Waals surface area contributed by atoms with Crippen LogP contribution in [-0.4, -0.2) is 35.9 Å². The molecule has 0 unspecified atom stereocenters. The monoisotopic (exact) mass is 357 g/mol. The minimum Gasteiger partial charge on any atom is -0.466 e. The second-order valence-corrected chi connectivity index (χ2v) is 7.25. The molecule has 0 radical (unpaired) electrons. The van der Waals surface area contributed by atoms with E-state index in [1.807, 2.05) is 19.1 Å². The van der Waals surface area contributed by atoms with Crippen molar-refractivity contribution < 1.29 is 9.53 Å². The van der Waals surface area contributed by atoms with Gasteiger partial charge in [-0.3, -0.25) is 4.79 Å². The molecule has 1 aliphatic heterocycles. The van der Waals surface area contributed by atoms with Crippen molar-refractivity contribution in [2.45, 2.75) is 36.6 Å². The summed E-state index contributed by atoms with van der Waals surface area (Å²) in [5, 5.41) is 9.58. The molecule has 1 saturated heterocycles. The van der Waals surface area contributed by atoms with Gasteiger partial charge in [-0.2, -0.15) is 0 Å². The van der Waals surface area contributed by atoms with Gasteiger partial charge in [0.15, 0.2) is 5.82 Å². The maximum absolute atomic E-state index is 11.8. The van der Waals surface area contributed by atoms with Crippen LogP contribution < -0.4 is 4.90 Å². The molecule has 0 amide bonds. The zero-order chi connectivity index (χ0) is 17.6. The van der Waals surface area contributed by atoms with Crippen molar-refractivity contribution in [3.63, 3.8) is 0 Å². The molecule has 0 bridgehead atoms. The summed E-state index contributed by atoms with van der Waals surface area (Å²) in [7, 11) is 0. The van der Waals surface area contributed by atoms with E-state index < -0.39 is 0 Å². The highest BCUT2D eigenvalue weighted by Crippen LogP contribution is 2.27. The SMILES string of the molecule is CCOC(=O)C1CCN(c2ccc(Sc3ccc(C)cc3)nn2)CC1. The number of aryl methyl sites for hydroxylation is 1. The first-order valence-electron chi connectivity index (χ1n) is 8.65. The number of carbonyl (C=O) groups excluding carboxylic acids is 1. The maximum atomic E-state index is 11.8. The fourth-order valence-electron chi connectivity index (χ4n) is 2.87. The molecular formula is C19H23N3O2S. The molecular weight excluding hydrogens is 334 g/mol. The molecule has 0 spiro atoms. The van der Waals surface area contributed by atoms with Gasteiger partial charge in [0.1, 0.15) is 5.03 Å². The number of hydrogen-bond acceptors (Lipinski definition) is 6. The molecule has 5 nitrogen and oxygen atoms in total. The van der Waals surface area contributed by atoms with E-state index in [0.29, 0.717) is 6.61 Å². The Morgan fingerprint density at radius 3 is 2.48 bits per heavy atom. The molecule has 0 saturated carbocycles. The van der Waals surface area contributed by atoms with Gasteiger partial charge in [0.05, 0.1) is 12.5 Å². The lowest BCUT2D eigenvalue weighted by atomic mass is 9.97. The summed E-state index contributed by atoms with van der Waals surface area (Å²) >= 11 is 1.61. The Labute approximate surface area is 152 Å². The van der Waals surface area contributed by atoms with Crippen LogP contribution in [0.4, 0.5) is 5.82 Å². The molecule has 3 rings (SSSR count). The van der Waals surface area contributed by atoms with E-state index in [9.17, 15) is 4.79 Å². The van der Waals surface area contributed by atoms with Crippen molar-refractivity contribution in [3.05, 3.63) is 42.0 Å². The lowest BCUT2D eigenvalue weighted by molar-refractivity contribution is -0.148. The van der Waals surface area contributed by atoms with E-state index in [1.165, 1.54) is 5.56 Å². The fourth-order valence-corrected chi connectivity index (χ4v) is 3.60. The van der Waals surface area contributed by atoms with E-state index in [0.717, 1.165) is 41.7 Å². The van der Waals surface area contributed by atoms with Crippen molar-refractivity contribution in [2.75, 3.05) is 24.6 Å². The van der Waals surface area contributed by atoms with Crippen LogP contribution in [0.3, 0.4) is 0 Å². The predicted octanol–water partition coefficient (Wildman–Crippen LogP) is 3.72. The number of nitrogens with zero attached hydrogens (tertiary/aromatic N) is 3. The van der Waals surface area contributed by atoms with E-state index in [2.05, 4.69) is 46.3 Å². The summed E-state index contributed by atoms with van der Waals surface area (Å²) in [5.41, 5.74) is 1.25. The molecule has 25 heavy (non-hydrogen) atoms. The third-order valence-corrected chi connectivity index (χ3v) is 5.24. The topological polar surface area (TPSA) is 55.3 Å². The standard InChI is InChI=1S/C19H23N3O2S/c1-3-24-19(23)15-10-12-22(13-11-15)17-8-9-18(21-20-17)25-16-6-4-14(2)5-7-16/h4-9,15H,3,10-13H2,1-2H3. The number of benzene rings is 1. The number of piperidine rings is 1. The van der Waals surface area contributed by atoms with Crippen molar-refractivity contribution in [1.82, 2.24) is 10.2 Å². The van der Waals surface area contributed by atoms with Gasteiger partial charge in [0.25, 0.3) is 0 Å². The van der Waals surface area contributed by atoms with Gasteiger partial charge >= 0.3 is 5.97 Å². The molecule has 0 aliphatic carbocycles. The van der Waals surface area contributed by atoms with E-state index >= 15 is 0 Å². The Hall–Kier alpha value is -2.08. The zero-order valence-electron chi connectivity index (χ0n) is 14.6. The van der Waals surface area contributed by atoms with Crippen LogP contribution in [0.5, 0.6) is 0 Å². The van der Waals surface area contributed by atoms with Crippen LogP contribution in [0.2, 0.25) is 0 Å². The highest BCUT2D eigenvalue weighted by molar-refractivity contribution is 7.99. The smallest absolute Gasteiger partial charge is 0.309 e. The molecule has 132 valence electrons. The quantitative estimate of drug-likeness (QED) is 0.760. The number of anilines is 1. The molecule has 0 atom stereocenters. The van der Waals surface area contributed by atoms with Gasteiger partial charge in [0, 0.05) is 18.0 Å². The summed E-state index contributed by atoms with van der Waals surface area (Å²) in [6.45, 7) is 5.99. The van der Waals surface area contributed by atoms with Crippen LogP contribution in [0.15, 0.2) is 46.3 Å². The Morgan fingerprint density at radius 1 is 1.16 bits per heavy atom. The summed E-state index contributed by atoms with van der Waals surface area (Å²) in [5.74, 6) is 0.814. The third kappa shape index (κ3) is 4.72. The van der Waals surface area contributed by atoms with Crippen molar-refractivity contribution in [2.24, 2.45) is 5.92 Å². The van der Waals surface area contributed by atoms with Crippen molar-refractivity contribution in [3.8, 4) is 0 Å². The normalized spacial score (nSPS) is 15.2. The number of ether oxygens (including phenoxy) is 1. The number of esters is 1. The van der Waals surface area contributed by atoms with E-state index in [-0.39, 0.29) is 11.9 Å². The Kier molecular flexibility index (Phi) is 5.91. The third-order valence-electron chi connectivity index (χ3n) is 4.31. The van der Waals surface area contributed by atoms with Crippen LogP contribution in [0, 0.1) is 12.8 Å². The van der Waals surface area contributed by atoms with Crippen LogP contribution in [0.1, 0.15) is 25.3 Å². The molecule has 0 N–H and O–H groups in total. The Balaban J connectivity index is 1.56. The fraction of sp³-hybridized carbons (Fsp3) is 0.421. The number of hydrogen-bond donors (Lipinski definition) is 0. The molecule has 2 aromatic rings. The highest BCUT2D eigenvalue weighted by atomic mass is 32.2. The number of aromatic nitrogens is 2. The Morgan fingerprint density at radius 2 is 1.88 bits per heavy atom. The van der Waals surface area contributed by atoms with Gasteiger partial charge < -0.3 is 9.64 Å². The highest BCUT2D eigenvalue weighted by Gasteiger charge is 2.26. The largest absolute Gasteiger partial charge is 0.466 e. The minimum atomic E-state index is -0.0712. The van der Waals surface area contributed by atoms with Gasteiger partial charge in [-0.05, 0) is 51.0 Å². The molecule has 1 aromatic carbocycles. The summed E-state index contributed by atoms with van der Waals surface area (Å²) < 4.78 is 5.11. The van der Waals surface area contributed by atoms with E-state index in [4.69, 9.17) is 4.74 Å². The molecule has 1 aliphatic rings. The first kappa shape index (κ1) is 17.7. The summed E-state index contributed by atoms with van der Waals surface area (Å²) in [6, 6.07) is 12.4. The zero-order valence-corrected chi connectivity index (χ0v) is 15.5. The number of carbonyl (C=O) groups is 1. The predicted molar refractivity (Wildman–Crippen MR) is 98.9 cm³/mol. The minimum absolute atomic E-state index is 0.0144. The summed E-state index contributed by atoms with van der Waals surface area (Å²) in [6.07, 6.45) is 1.61. The Bertz CT molecular complexity index is 696. The first-order valence-corrected chi connectivity index (χ1v) is 9.47. The lowest BCUT2D eigenvalue weighted by Crippen LogP contribution is -2.37. The average molecular weight is 357 g/mol. The molecule has 2 heterocycles. The van der Waals surface area contributed by atoms with Gasteiger partial charge in [-0.15, -0.1) is 10.2 Å². The molecule has 1 fully saturated rings. The molecule has 6 heteroatoms. The summed E-state index contributed by atoms with van der Waals surface area (Å²) in [4.78, 5) is 15.1. The van der Waals surface area contributed by atoms with Crippen LogP contribution in [0.25, 0.3) is 0 Å². The van der Waals surface area contributed by atoms with Gasteiger partial charge in [-0.1, -0.05) is 29.5 Å². The van der Waals surface area contributed by atoms with Gasteiger partial charge in [0.2, 0.25) is 0 Å². The van der Waals surface area contributed by atoms with E-state index in [1.54, 1.807) is 11.8 Å². The van der Waals surface area contributed by atoms with Crippen molar-refractivity contribution in [1.29, 1.82) is 0 Å². The van der Waals surface area contributed by atoms with Crippen LogP contribution in [-0.2, 0) is 9.53 Å². The lowest BCUT2D eigenvalue weighted by Gasteiger charge is -2.31. The van der Waals surface area contributed by atoms with Crippen molar-refractivity contribution >= 4 is 23.5 Å². The van der Waals surface area contributed by atoms with Gasteiger partial charge in [-0.25, -0.2) is 0 Å². The first-order chi connectivity index (χ1) is 12.2. The second kappa shape index (κ2) is 8.34. The van der Waals surface area contributed by atoms with Crippen LogP contribution >= 0.6 is 11.8 Å². The maximum Gasteiger partial charge on any atom is 0.309 e. The molecule has 1 aromatic heterocycles.